The number of imide groups is 2. The fraction of sp³-hybridized carbons (Fsp3) is 0.242. The Morgan fingerprint density at radius 3 is 1.37 bits per heavy atom. The first-order chi connectivity index (χ1) is 19.8. The summed E-state index contributed by atoms with van der Waals surface area (Å²) in [5, 5.41) is 4.28. The van der Waals surface area contributed by atoms with E-state index in [0.29, 0.717) is 17.1 Å². The molecular weight excluding hydrogens is 516 g/mol. The van der Waals surface area contributed by atoms with E-state index in [1.807, 2.05) is 36.4 Å². The summed E-state index contributed by atoms with van der Waals surface area (Å²) < 4.78 is 6.10. The van der Waals surface area contributed by atoms with Gasteiger partial charge in [0, 0.05) is 43.1 Å². The third-order valence-electron chi connectivity index (χ3n) is 6.95. The highest BCUT2D eigenvalue weighted by molar-refractivity contribution is 6.29. The zero-order valence-electron chi connectivity index (χ0n) is 23.9. The zero-order valence-corrected chi connectivity index (χ0v) is 23.9. The van der Waals surface area contributed by atoms with E-state index in [4.69, 9.17) is 4.74 Å². The van der Waals surface area contributed by atoms with Gasteiger partial charge in [0.2, 0.25) is 0 Å². The van der Waals surface area contributed by atoms with Crippen LogP contribution in [0.1, 0.15) is 38.8 Å². The molecule has 2 aromatic rings. The number of hydrogen-bond donors (Lipinski definition) is 2. The van der Waals surface area contributed by atoms with Crippen molar-refractivity contribution in [3.63, 3.8) is 0 Å². The van der Waals surface area contributed by atoms with Gasteiger partial charge >= 0.3 is 6.03 Å². The second-order valence-electron chi connectivity index (χ2n) is 9.46. The second kappa shape index (κ2) is 13.5. The number of nitrogens with one attached hydrogen (secondary N) is 2. The van der Waals surface area contributed by atoms with Crippen LogP contribution in [0, 0.1) is 0 Å². The smallest absolute Gasteiger partial charge is 0.328 e. The lowest BCUT2D eigenvalue weighted by molar-refractivity contribution is -0.124. The number of carbonyl (C=O) groups is 3. The van der Waals surface area contributed by atoms with E-state index in [1.165, 1.54) is 0 Å². The van der Waals surface area contributed by atoms with Crippen molar-refractivity contribution in [2.24, 2.45) is 0 Å². The summed E-state index contributed by atoms with van der Waals surface area (Å²) in [6.07, 6.45) is 10.6. The van der Waals surface area contributed by atoms with Crippen molar-refractivity contribution in [1.82, 2.24) is 10.6 Å². The number of nitrogens with zero attached hydrogens (tertiary/aromatic N) is 2. The van der Waals surface area contributed by atoms with Crippen molar-refractivity contribution >= 4 is 41.4 Å². The molecule has 0 spiro atoms. The van der Waals surface area contributed by atoms with Gasteiger partial charge in [0.05, 0.1) is 0 Å². The number of amides is 4. The highest BCUT2D eigenvalue weighted by Crippen LogP contribution is 2.26. The molecule has 4 amide bonds. The molecule has 2 aliphatic rings. The summed E-state index contributed by atoms with van der Waals surface area (Å²) in [7, 11) is 0. The predicted molar refractivity (Wildman–Crippen MR) is 164 cm³/mol. The molecule has 0 aliphatic carbocycles. The van der Waals surface area contributed by atoms with Crippen LogP contribution in [0.4, 0.5) is 16.2 Å². The lowest BCUT2D eigenvalue weighted by Gasteiger charge is -2.21. The summed E-state index contributed by atoms with van der Waals surface area (Å²) in [6.45, 7) is 12.2. The normalized spacial score (nSPS) is 15.5. The highest BCUT2D eigenvalue weighted by atomic mass is 16.5. The Hall–Kier alpha value is -4.85. The van der Waals surface area contributed by atoms with Gasteiger partial charge in [-0.25, -0.2) is 4.79 Å². The van der Waals surface area contributed by atoms with Gasteiger partial charge in [-0.15, -0.1) is 0 Å². The fourth-order valence-corrected chi connectivity index (χ4v) is 4.71. The van der Waals surface area contributed by atoms with E-state index in [0.717, 1.165) is 48.7 Å². The Labute approximate surface area is 241 Å². The number of hydrogen-bond acceptors (Lipinski definition) is 6. The molecule has 0 radical (unpaired) electrons. The first-order valence-electron chi connectivity index (χ1n) is 13.9. The van der Waals surface area contributed by atoms with Gasteiger partial charge in [-0.05, 0) is 87.4 Å². The molecule has 0 aromatic heterocycles. The third-order valence-corrected chi connectivity index (χ3v) is 6.95. The summed E-state index contributed by atoms with van der Waals surface area (Å²) >= 11 is 0. The minimum absolute atomic E-state index is 0.156. The SMILES string of the molecule is CCN(CC)c1ccc(C=CC2=CC(=C3C(=O)NC(=O)NC3=O)C=C(C=Cc3ccc(N(CC)CC)cc3)O2)cc1. The number of urea groups is 1. The Kier molecular flexibility index (Phi) is 9.58. The van der Waals surface area contributed by atoms with Gasteiger partial charge in [-0.3, -0.25) is 20.2 Å². The van der Waals surface area contributed by atoms with Crippen LogP contribution in [0.2, 0.25) is 0 Å². The van der Waals surface area contributed by atoms with Crippen LogP contribution in [0.15, 0.2) is 95.5 Å². The Balaban J connectivity index is 1.62. The maximum absolute atomic E-state index is 12.6. The highest BCUT2D eigenvalue weighted by Gasteiger charge is 2.31. The molecular formula is C33H36N4O4. The van der Waals surface area contributed by atoms with Crippen LogP contribution in [0.5, 0.6) is 0 Å². The lowest BCUT2D eigenvalue weighted by Crippen LogP contribution is -2.51. The molecule has 1 fully saturated rings. The lowest BCUT2D eigenvalue weighted by atomic mass is 10.0. The minimum atomic E-state index is -0.842. The first-order valence-corrected chi connectivity index (χ1v) is 13.9. The van der Waals surface area contributed by atoms with E-state index >= 15 is 0 Å². The molecule has 212 valence electrons. The largest absolute Gasteiger partial charge is 0.457 e. The molecule has 4 rings (SSSR count). The molecule has 0 saturated carbocycles. The van der Waals surface area contributed by atoms with E-state index in [-0.39, 0.29) is 5.57 Å². The number of rotatable bonds is 10. The van der Waals surface area contributed by atoms with Gasteiger partial charge in [-0.2, -0.15) is 0 Å². The van der Waals surface area contributed by atoms with Gasteiger partial charge in [-0.1, -0.05) is 36.4 Å². The molecule has 41 heavy (non-hydrogen) atoms. The van der Waals surface area contributed by atoms with Crippen LogP contribution in [0.25, 0.3) is 12.2 Å². The first kappa shape index (κ1) is 29.1. The van der Waals surface area contributed by atoms with E-state index in [1.54, 1.807) is 24.3 Å². The number of ether oxygens (including phenoxy) is 1. The van der Waals surface area contributed by atoms with Crippen LogP contribution >= 0.6 is 0 Å². The van der Waals surface area contributed by atoms with Gasteiger partial charge < -0.3 is 14.5 Å². The number of allylic oxidation sites excluding steroid dienone is 5. The molecule has 2 aliphatic heterocycles. The average Bonchev–Trinajstić information content (AvgIpc) is 2.97. The molecule has 2 heterocycles. The van der Waals surface area contributed by atoms with Crippen LogP contribution in [-0.2, 0) is 14.3 Å². The van der Waals surface area contributed by atoms with Crippen LogP contribution in [-0.4, -0.2) is 44.0 Å². The van der Waals surface area contributed by atoms with Crippen molar-refractivity contribution in [2.45, 2.75) is 27.7 Å². The summed E-state index contributed by atoms with van der Waals surface area (Å²) in [6, 6.07) is 15.6. The molecule has 8 heteroatoms. The number of anilines is 2. The monoisotopic (exact) mass is 552 g/mol. The predicted octanol–water partition coefficient (Wildman–Crippen LogP) is 5.57. The van der Waals surface area contributed by atoms with Gasteiger partial charge in [0.1, 0.15) is 17.1 Å². The van der Waals surface area contributed by atoms with Crippen molar-refractivity contribution in [2.75, 3.05) is 36.0 Å². The van der Waals surface area contributed by atoms with Crippen LogP contribution in [0.3, 0.4) is 0 Å². The maximum atomic E-state index is 12.6. The standard InChI is InChI=1S/C33H36N4O4/c1-5-36(6-2)26-15-9-23(10-16-26)13-19-28-21-25(30-31(38)34-33(40)35-32(30)39)22-29(41-28)20-14-24-11-17-27(18-12-24)37(7-3)8-4/h9-22H,5-8H2,1-4H3,(H2,34,35,38,39,40). The summed E-state index contributed by atoms with van der Waals surface area (Å²) in [5.41, 5.74) is 4.42. The van der Waals surface area contributed by atoms with Crippen molar-refractivity contribution in [3.8, 4) is 0 Å². The van der Waals surface area contributed by atoms with E-state index in [9.17, 15) is 14.4 Å². The zero-order chi connectivity index (χ0) is 29.4. The topological polar surface area (TPSA) is 91.0 Å². The molecule has 8 nitrogen and oxygen atoms in total. The number of benzene rings is 2. The Morgan fingerprint density at radius 2 is 1.00 bits per heavy atom. The van der Waals surface area contributed by atoms with Gasteiger partial charge in [0.25, 0.3) is 11.8 Å². The number of carbonyl (C=O) groups excluding carboxylic acids is 3. The molecule has 2 N–H and O–H groups in total. The average molecular weight is 553 g/mol. The van der Waals surface area contributed by atoms with Crippen molar-refractivity contribution in [1.29, 1.82) is 0 Å². The summed E-state index contributed by atoms with van der Waals surface area (Å²) in [4.78, 5) is 41.3. The minimum Gasteiger partial charge on any atom is -0.457 e. The van der Waals surface area contributed by atoms with Gasteiger partial charge in [0.15, 0.2) is 0 Å². The van der Waals surface area contributed by atoms with Crippen molar-refractivity contribution in [3.05, 3.63) is 107 Å². The molecule has 0 unspecified atom stereocenters. The molecule has 2 aromatic carbocycles. The molecule has 1 saturated heterocycles. The quantitative estimate of drug-likeness (QED) is 0.296. The third kappa shape index (κ3) is 7.22. The number of barbiturate groups is 1. The van der Waals surface area contributed by atoms with E-state index < -0.39 is 17.8 Å². The van der Waals surface area contributed by atoms with Crippen molar-refractivity contribution < 1.29 is 19.1 Å². The summed E-state index contributed by atoms with van der Waals surface area (Å²) in [5.74, 6) is -0.628. The molecule has 0 atom stereocenters. The van der Waals surface area contributed by atoms with Crippen LogP contribution < -0.4 is 20.4 Å². The second-order valence-corrected chi connectivity index (χ2v) is 9.46. The molecule has 0 bridgehead atoms. The Morgan fingerprint density at radius 1 is 0.610 bits per heavy atom. The maximum Gasteiger partial charge on any atom is 0.328 e. The Bertz CT molecular complexity index is 1330. The fourth-order valence-electron chi connectivity index (χ4n) is 4.71. The van der Waals surface area contributed by atoms with E-state index in [2.05, 4.69) is 72.4 Å².